The van der Waals surface area contributed by atoms with Gasteiger partial charge in [-0.2, -0.15) is 0 Å². The van der Waals surface area contributed by atoms with Crippen molar-refractivity contribution in [1.82, 2.24) is 10.2 Å². The molecule has 0 radical (unpaired) electrons. The standard InChI is InChI=1S/C15H21N3O3/c1-10-8-18(9-11(2)21-10)13(14(19)17-15(16)20)12-6-4-3-5-7-12/h3-7,10-11,13H,8-9H2,1-2H3,(H3,16,17,19,20)/t10-,11+,13-/m0/s1. The van der Waals surface area contributed by atoms with Crippen LogP contribution < -0.4 is 11.1 Å². The van der Waals surface area contributed by atoms with E-state index < -0.39 is 18.0 Å². The summed E-state index contributed by atoms with van der Waals surface area (Å²) in [4.78, 5) is 25.4. The van der Waals surface area contributed by atoms with Crippen LogP contribution in [0.25, 0.3) is 0 Å². The fourth-order valence-electron chi connectivity index (χ4n) is 2.78. The smallest absolute Gasteiger partial charge is 0.318 e. The minimum Gasteiger partial charge on any atom is -0.373 e. The number of carbonyl (C=O) groups is 2. The summed E-state index contributed by atoms with van der Waals surface area (Å²) in [7, 11) is 0. The molecule has 0 spiro atoms. The summed E-state index contributed by atoms with van der Waals surface area (Å²) in [5.74, 6) is -0.407. The molecule has 21 heavy (non-hydrogen) atoms. The van der Waals surface area contributed by atoms with Gasteiger partial charge in [0.2, 0.25) is 5.91 Å². The molecular weight excluding hydrogens is 270 g/mol. The lowest BCUT2D eigenvalue weighted by molar-refractivity contribution is -0.132. The molecule has 0 unspecified atom stereocenters. The monoisotopic (exact) mass is 291 g/mol. The van der Waals surface area contributed by atoms with Gasteiger partial charge in [0.05, 0.1) is 12.2 Å². The Balaban J connectivity index is 2.27. The molecule has 1 aliphatic heterocycles. The maximum Gasteiger partial charge on any atom is 0.318 e. The molecule has 3 atom stereocenters. The number of primary amides is 1. The van der Waals surface area contributed by atoms with Crippen LogP contribution >= 0.6 is 0 Å². The van der Waals surface area contributed by atoms with Crippen molar-refractivity contribution in [3.63, 3.8) is 0 Å². The number of morpholine rings is 1. The Bertz CT molecular complexity index is 496. The van der Waals surface area contributed by atoms with E-state index in [0.717, 1.165) is 5.56 Å². The first-order chi connectivity index (χ1) is 9.97. The highest BCUT2D eigenvalue weighted by atomic mass is 16.5. The molecule has 0 saturated carbocycles. The van der Waals surface area contributed by atoms with Crippen molar-refractivity contribution < 1.29 is 14.3 Å². The predicted octanol–water partition coefficient (Wildman–Crippen LogP) is 1.03. The highest BCUT2D eigenvalue weighted by Crippen LogP contribution is 2.25. The van der Waals surface area contributed by atoms with Crippen LogP contribution in [0.3, 0.4) is 0 Å². The number of ether oxygens (including phenoxy) is 1. The van der Waals surface area contributed by atoms with Crippen LogP contribution in [0.1, 0.15) is 25.5 Å². The molecule has 6 nitrogen and oxygen atoms in total. The summed E-state index contributed by atoms with van der Waals surface area (Å²) in [6.45, 7) is 5.18. The van der Waals surface area contributed by atoms with Crippen LogP contribution in [0.2, 0.25) is 0 Å². The summed E-state index contributed by atoms with van der Waals surface area (Å²) in [6.07, 6.45) is 0.0580. The van der Waals surface area contributed by atoms with Crippen LogP contribution in [-0.4, -0.2) is 42.1 Å². The SMILES string of the molecule is C[C@@H]1CN([C@H](C(=O)NC(N)=O)c2ccccc2)C[C@H](C)O1. The average Bonchev–Trinajstić information content (AvgIpc) is 2.38. The zero-order chi connectivity index (χ0) is 15.4. The largest absolute Gasteiger partial charge is 0.373 e. The van der Waals surface area contributed by atoms with Crippen molar-refractivity contribution in [1.29, 1.82) is 0 Å². The number of urea groups is 1. The molecule has 0 aromatic heterocycles. The molecule has 1 aromatic carbocycles. The van der Waals surface area contributed by atoms with E-state index in [1.807, 2.05) is 49.1 Å². The van der Waals surface area contributed by atoms with Crippen molar-refractivity contribution in [2.75, 3.05) is 13.1 Å². The van der Waals surface area contributed by atoms with E-state index in [2.05, 4.69) is 5.32 Å². The lowest BCUT2D eigenvalue weighted by atomic mass is 10.0. The van der Waals surface area contributed by atoms with Crippen LogP contribution in [0.4, 0.5) is 4.79 Å². The summed E-state index contributed by atoms with van der Waals surface area (Å²) < 4.78 is 5.70. The first-order valence-corrected chi connectivity index (χ1v) is 7.02. The topological polar surface area (TPSA) is 84.7 Å². The zero-order valence-corrected chi connectivity index (χ0v) is 12.3. The van der Waals surface area contributed by atoms with Gasteiger partial charge in [0.15, 0.2) is 0 Å². The summed E-state index contributed by atoms with van der Waals surface area (Å²) in [6, 6.07) is 7.98. The Morgan fingerprint density at radius 2 is 1.81 bits per heavy atom. The number of nitrogens with one attached hydrogen (secondary N) is 1. The third-order valence-electron chi connectivity index (χ3n) is 3.42. The van der Waals surface area contributed by atoms with Gasteiger partial charge in [0.25, 0.3) is 0 Å². The van der Waals surface area contributed by atoms with E-state index in [0.29, 0.717) is 13.1 Å². The molecule has 2 rings (SSSR count). The van der Waals surface area contributed by atoms with Crippen molar-refractivity contribution in [2.24, 2.45) is 5.73 Å². The Morgan fingerprint density at radius 1 is 1.24 bits per heavy atom. The molecule has 114 valence electrons. The third-order valence-corrected chi connectivity index (χ3v) is 3.42. The molecule has 1 saturated heterocycles. The zero-order valence-electron chi connectivity index (χ0n) is 12.3. The van der Waals surface area contributed by atoms with Crippen molar-refractivity contribution in [3.05, 3.63) is 35.9 Å². The Morgan fingerprint density at radius 3 is 2.33 bits per heavy atom. The van der Waals surface area contributed by atoms with Crippen molar-refractivity contribution >= 4 is 11.9 Å². The van der Waals surface area contributed by atoms with Gasteiger partial charge in [-0.25, -0.2) is 4.79 Å². The molecular formula is C15H21N3O3. The van der Waals surface area contributed by atoms with Gasteiger partial charge < -0.3 is 10.5 Å². The molecule has 1 fully saturated rings. The number of rotatable bonds is 3. The van der Waals surface area contributed by atoms with Gasteiger partial charge in [-0.15, -0.1) is 0 Å². The Kier molecular flexibility index (Phi) is 4.93. The molecule has 6 heteroatoms. The molecule has 3 N–H and O–H groups in total. The molecule has 0 bridgehead atoms. The number of nitrogens with zero attached hydrogens (tertiary/aromatic N) is 1. The van der Waals surface area contributed by atoms with Gasteiger partial charge in [0, 0.05) is 13.1 Å². The lowest BCUT2D eigenvalue weighted by Crippen LogP contribution is -2.52. The Labute approximate surface area is 124 Å². The first kappa shape index (κ1) is 15.5. The van der Waals surface area contributed by atoms with E-state index in [1.54, 1.807) is 0 Å². The van der Waals surface area contributed by atoms with Crippen LogP contribution in [0.5, 0.6) is 0 Å². The van der Waals surface area contributed by atoms with Gasteiger partial charge in [-0.05, 0) is 19.4 Å². The lowest BCUT2D eigenvalue weighted by Gasteiger charge is -2.39. The maximum absolute atomic E-state index is 12.4. The number of imide groups is 1. The predicted molar refractivity (Wildman–Crippen MR) is 78.5 cm³/mol. The molecule has 1 aromatic rings. The van der Waals surface area contributed by atoms with E-state index in [9.17, 15) is 9.59 Å². The third kappa shape index (κ3) is 4.03. The van der Waals surface area contributed by atoms with E-state index in [-0.39, 0.29) is 12.2 Å². The van der Waals surface area contributed by atoms with Gasteiger partial charge >= 0.3 is 6.03 Å². The Hall–Kier alpha value is -1.92. The fourth-order valence-corrected chi connectivity index (χ4v) is 2.78. The first-order valence-electron chi connectivity index (χ1n) is 7.02. The van der Waals surface area contributed by atoms with Crippen LogP contribution in [-0.2, 0) is 9.53 Å². The van der Waals surface area contributed by atoms with E-state index >= 15 is 0 Å². The number of nitrogens with two attached hydrogens (primary N) is 1. The minimum absolute atomic E-state index is 0.0290. The number of benzene rings is 1. The van der Waals surface area contributed by atoms with Crippen LogP contribution in [0, 0.1) is 0 Å². The number of hydrogen-bond donors (Lipinski definition) is 2. The normalized spacial score (nSPS) is 24.3. The quantitative estimate of drug-likeness (QED) is 0.871. The van der Waals surface area contributed by atoms with Gasteiger partial charge in [-0.3, -0.25) is 15.0 Å². The van der Waals surface area contributed by atoms with E-state index in [1.165, 1.54) is 0 Å². The number of carbonyl (C=O) groups excluding carboxylic acids is 2. The number of amides is 3. The number of hydrogen-bond acceptors (Lipinski definition) is 4. The highest BCUT2D eigenvalue weighted by molar-refractivity contribution is 5.96. The highest BCUT2D eigenvalue weighted by Gasteiger charge is 2.33. The fraction of sp³-hybridized carbons (Fsp3) is 0.467. The van der Waals surface area contributed by atoms with Crippen molar-refractivity contribution in [2.45, 2.75) is 32.1 Å². The minimum atomic E-state index is -0.838. The summed E-state index contributed by atoms with van der Waals surface area (Å²) in [5.41, 5.74) is 5.91. The van der Waals surface area contributed by atoms with Gasteiger partial charge in [0.1, 0.15) is 6.04 Å². The average molecular weight is 291 g/mol. The molecule has 1 heterocycles. The summed E-state index contributed by atoms with van der Waals surface area (Å²) >= 11 is 0. The van der Waals surface area contributed by atoms with E-state index in [4.69, 9.17) is 10.5 Å². The van der Waals surface area contributed by atoms with Crippen LogP contribution in [0.15, 0.2) is 30.3 Å². The second-order valence-electron chi connectivity index (χ2n) is 5.38. The molecule has 1 aliphatic rings. The molecule has 0 aliphatic carbocycles. The second kappa shape index (κ2) is 6.69. The second-order valence-corrected chi connectivity index (χ2v) is 5.38. The molecule has 3 amide bonds. The van der Waals surface area contributed by atoms with Gasteiger partial charge in [-0.1, -0.05) is 30.3 Å². The maximum atomic E-state index is 12.4. The summed E-state index contributed by atoms with van der Waals surface area (Å²) in [5, 5.41) is 2.19. The van der Waals surface area contributed by atoms with Crippen molar-refractivity contribution in [3.8, 4) is 0 Å².